The van der Waals surface area contributed by atoms with Gasteiger partial charge in [-0.3, -0.25) is 14.4 Å². The Balaban J connectivity index is 1.85. The van der Waals surface area contributed by atoms with Crippen molar-refractivity contribution in [3.8, 4) is 0 Å². The molecule has 6 heteroatoms. The highest BCUT2D eigenvalue weighted by atomic mass is 16.5. The van der Waals surface area contributed by atoms with Gasteiger partial charge in [0.1, 0.15) is 0 Å². The summed E-state index contributed by atoms with van der Waals surface area (Å²) < 4.78 is 5.02. The topological polar surface area (TPSA) is 66.9 Å². The summed E-state index contributed by atoms with van der Waals surface area (Å²) in [6.45, 7) is 7.47. The Morgan fingerprint density at radius 2 is 1.24 bits per heavy atom. The first-order valence-corrected chi connectivity index (χ1v) is 11.6. The van der Waals surface area contributed by atoms with E-state index in [1.54, 1.807) is 0 Å². The monoisotopic (exact) mass is 408 g/mol. The van der Waals surface area contributed by atoms with Crippen molar-refractivity contribution in [2.75, 3.05) is 33.3 Å². The molecule has 2 aliphatic heterocycles. The molecule has 6 nitrogen and oxygen atoms in total. The zero-order valence-electron chi connectivity index (χ0n) is 18.7. The largest absolute Gasteiger partial charge is 0.469 e. The number of likely N-dealkylation sites (tertiary alicyclic amines) is 2. The molecular formula is C23H40N2O4. The number of methoxy groups -OCH3 is 1. The number of esters is 1. The van der Waals surface area contributed by atoms with E-state index in [2.05, 4.69) is 0 Å². The van der Waals surface area contributed by atoms with Gasteiger partial charge in [0, 0.05) is 38.0 Å². The zero-order valence-corrected chi connectivity index (χ0v) is 18.7. The van der Waals surface area contributed by atoms with E-state index in [1.807, 2.05) is 23.6 Å². The van der Waals surface area contributed by atoms with Crippen LogP contribution in [0.1, 0.15) is 78.1 Å². The van der Waals surface area contributed by atoms with Crippen LogP contribution in [-0.2, 0) is 19.1 Å². The summed E-state index contributed by atoms with van der Waals surface area (Å²) in [5, 5.41) is 0. The number of piperidine rings is 1. The number of hydrogen-bond acceptors (Lipinski definition) is 4. The summed E-state index contributed by atoms with van der Waals surface area (Å²) in [6, 6.07) is 0. The predicted octanol–water partition coefficient (Wildman–Crippen LogP) is 3.63. The first kappa shape index (κ1) is 23.7. The SMILES string of the molecule is CCC(CCC(CCC(C)C(=O)N1CCCCC1)C(=O)OC)C(=O)N1CCCC1. The standard InChI is InChI=1S/C23H40N2O4/c1-4-19(22(27)25-16-8-9-17-25)12-13-20(23(28)29-3)11-10-18(2)21(26)24-14-6-5-7-15-24/h18-20H,4-17H2,1-3H3. The number of hydrogen-bond donors (Lipinski definition) is 0. The first-order chi connectivity index (χ1) is 14.0. The Labute approximate surface area is 176 Å². The van der Waals surface area contributed by atoms with Crippen molar-refractivity contribution in [1.82, 2.24) is 9.80 Å². The molecule has 2 aliphatic rings. The molecule has 0 N–H and O–H groups in total. The molecule has 166 valence electrons. The van der Waals surface area contributed by atoms with Gasteiger partial charge in [0.2, 0.25) is 11.8 Å². The van der Waals surface area contributed by atoms with Crippen molar-refractivity contribution in [2.45, 2.75) is 78.1 Å². The van der Waals surface area contributed by atoms with Crippen LogP contribution in [0.2, 0.25) is 0 Å². The van der Waals surface area contributed by atoms with Gasteiger partial charge in [-0.25, -0.2) is 0 Å². The molecule has 2 saturated heterocycles. The third-order valence-corrected chi connectivity index (χ3v) is 6.70. The van der Waals surface area contributed by atoms with E-state index >= 15 is 0 Å². The lowest BCUT2D eigenvalue weighted by Crippen LogP contribution is -2.39. The molecule has 2 fully saturated rings. The number of nitrogens with zero attached hydrogens (tertiary/aromatic N) is 2. The summed E-state index contributed by atoms with van der Waals surface area (Å²) >= 11 is 0. The van der Waals surface area contributed by atoms with E-state index in [-0.39, 0.29) is 35.5 Å². The van der Waals surface area contributed by atoms with Gasteiger partial charge in [-0.05, 0) is 64.2 Å². The predicted molar refractivity (Wildman–Crippen MR) is 113 cm³/mol. The molecule has 0 aromatic carbocycles. The van der Waals surface area contributed by atoms with Crippen molar-refractivity contribution >= 4 is 17.8 Å². The van der Waals surface area contributed by atoms with Crippen molar-refractivity contribution in [3.05, 3.63) is 0 Å². The molecule has 0 aromatic heterocycles. The normalized spacial score (nSPS) is 20.2. The number of amides is 2. The third kappa shape index (κ3) is 7.00. The van der Waals surface area contributed by atoms with Gasteiger partial charge in [0.25, 0.3) is 0 Å². The van der Waals surface area contributed by atoms with Crippen LogP contribution < -0.4 is 0 Å². The minimum atomic E-state index is -0.239. The molecule has 2 heterocycles. The summed E-state index contributed by atoms with van der Waals surface area (Å²) in [7, 11) is 1.42. The molecule has 0 bridgehead atoms. The Morgan fingerprint density at radius 1 is 0.759 bits per heavy atom. The van der Waals surface area contributed by atoms with Crippen LogP contribution in [0.25, 0.3) is 0 Å². The second-order valence-electron chi connectivity index (χ2n) is 8.80. The maximum atomic E-state index is 12.7. The Hall–Kier alpha value is -1.59. The van der Waals surface area contributed by atoms with Crippen LogP contribution in [0.15, 0.2) is 0 Å². The second-order valence-corrected chi connectivity index (χ2v) is 8.80. The van der Waals surface area contributed by atoms with Crippen molar-refractivity contribution < 1.29 is 19.1 Å². The summed E-state index contributed by atoms with van der Waals surface area (Å²) in [4.78, 5) is 41.6. The lowest BCUT2D eigenvalue weighted by atomic mass is 9.88. The maximum absolute atomic E-state index is 12.7. The van der Waals surface area contributed by atoms with Gasteiger partial charge >= 0.3 is 5.97 Å². The molecule has 3 unspecified atom stereocenters. The van der Waals surface area contributed by atoms with Crippen LogP contribution in [0.4, 0.5) is 0 Å². The fourth-order valence-corrected chi connectivity index (χ4v) is 4.65. The molecule has 3 atom stereocenters. The highest BCUT2D eigenvalue weighted by Crippen LogP contribution is 2.26. The third-order valence-electron chi connectivity index (χ3n) is 6.70. The number of ether oxygens (including phenoxy) is 1. The molecule has 0 aromatic rings. The smallest absolute Gasteiger partial charge is 0.308 e. The second kappa shape index (κ2) is 12.2. The van der Waals surface area contributed by atoms with Gasteiger partial charge in [-0.2, -0.15) is 0 Å². The minimum Gasteiger partial charge on any atom is -0.469 e. The van der Waals surface area contributed by atoms with Crippen LogP contribution >= 0.6 is 0 Å². The number of carbonyl (C=O) groups is 3. The van der Waals surface area contributed by atoms with Crippen LogP contribution in [0.3, 0.4) is 0 Å². The van der Waals surface area contributed by atoms with Gasteiger partial charge in [0.15, 0.2) is 0 Å². The number of carbonyl (C=O) groups excluding carboxylic acids is 3. The average Bonchev–Trinajstić information content (AvgIpc) is 3.30. The Kier molecular flexibility index (Phi) is 9.95. The minimum absolute atomic E-state index is 0.0207. The zero-order chi connectivity index (χ0) is 21.2. The summed E-state index contributed by atoms with van der Waals surface area (Å²) in [5.41, 5.74) is 0. The van der Waals surface area contributed by atoms with E-state index in [0.717, 1.165) is 58.3 Å². The highest BCUT2D eigenvalue weighted by molar-refractivity contribution is 5.79. The summed E-state index contributed by atoms with van der Waals surface area (Å²) in [6.07, 6.45) is 9.05. The molecule has 0 saturated carbocycles. The maximum Gasteiger partial charge on any atom is 0.308 e. The average molecular weight is 409 g/mol. The molecular weight excluding hydrogens is 368 g/mol. The van der Waals surface area contributed by atoms with E-state index in [9.17, 15) is 14.4 Å². The molecule has 2 amide bonds. The summed E-state index contributed by atoms with van der Waals surface area (Å²) in [5.74, 6) is -0.101. The van der Waals surface area contributed by atoms with E-state index in [0.29, 0.717) is 25.7 Å². The van der Waals surface area contributed by atoms with Crippen LogP contribution in [0, 0.1) is 17.8 Å². The van der Waals surface area contributed by atoms with E-state index in [1.165, 1.54) is 13.5 Å². The lowest BCUT2D eigenvalue weighted by molar-refractivity contribution is -0.147. The Morgan fingerprint density at radius 3 is 1.79 bits per heavy atom. The first-order valence-electron chi connectivity index (χ1n) is 11.6. The van der Waals surface area contributed by atoms with Crippen molar-refractivity contribution in [2.24, 2.45) is 17.8 Å². The highest BCUT2D eigenvalue weighted by Gasteiger charge is 2.29. The molecule has 0 radical (unpaired) electrons. The molecule has 0 aliphatic carbocycles. The lowest BCUT2D eigenvalue weighted by Gasteiger charge is -2.29. The Bertz CT molecular complexity index is 539. The van der Waals surface area contributed by atoms with Gasteiger partial charge < -0.3 is 14.5 Å². The van der Waals surface area contributed by atoms with Crippen molar-refractivity contribution in [3.63, 3.8) is 0 Å². The van der Waals surface area contributed by atoms with E-state index < -0.39 is 0 Å². The fourth-order valence-electron chi connectivity index (χ4n) is 4.65. The van der Waals surface area contributed by atoms with Crippen molar-refractivity contribution in [1.29, 1.82) is 0 Å². The quantitative estimate of drug-likeness (QED) is 0.518. The fraction of sp³-hybridized carbons (Fsp3) is 0.870. The molecule has 0 spiro atoms. The van der Waals surface area contributed by atoms with E-state index in [4.69, 9.17) is 4.74 Å². The molecule has 2 rings (SSSR count). The van der Waals surface area contributed by atoms with Crippen LogP contribution in [0.5, 0.6) is 0 Å². The van der Waals surface area contributed by atoms with Crippen LogP contribution in [-0.4, -0.2) is 60.9 Å². The van der Waals surface area contributed by atoms with Gasteiger partial charge in [0.05, 0.1) is 13.0 Å². The van der Waals surface area contributed by atoms with Gasteiger partial charge in [-0.1, -0.05) is 13.8 Å². The molecule has 29 heavy (non-hydrogen) atoms. The van der Waals surface area contributed by atoms with Gasteiger partial charge in [-0.15, -0.1) is 0 Å². The number of rotatable bonds is 10.